The van der Waals surface area contributed by atoms with Gasteiger partial charge in [-0.15, -0.1) is 0 Å². The summed E-state index contributed by atoms with van der Waals surface area (Å²) in [5, 5.41) is 9.10. The van der Waals surface area contributed by atoms with Gasteiger partial charge in [-0.1, -0.05) is 71.1 Å². The number of likely N-dealkylation sites (tertiary alicyclic amines) is 1. The third-order valence-corrected chi connectivity index (χ3v) is 4.85. The monoisotopic (exact) mass is 349 g/mol. The van der Waals surface area contributed by atoms with Gasteiger partial charge in [-0.05, 0) is 19.3 Å². The number of amides is 1. The standard InChI is InChI=1S/C19H35NO3.Na.H/c1-2-3-4-5-6-7-8-9-10-11-12-15-18(21)20-16-13-14-17(20)19(22)23;;/h17H,2-16H2,1H3,(H,22,23);;/q;+1;-1. The average Bonchev–Trinajstić information content (AvgIpc) is 3.02. The topological polar surface area (TPSA) is 57.6 Å². The Bertz CT molecular complexity index is 356. The van der Waals surface area contributed by atoms with Crippen LogP contribution in [0.5, 0.6) is 0 Å². The number of carbonyl (C=O) groups excluding carboxylic acids is 1. The van der Waals surface area contributed by atoms with Crippen LogP contribution < -0.4 is 29.6 Å². The number of carbonyl (C=O) groups is 2. The van der Waals surface area contributed by atoms with Gasteiger partial charge in [0.15, 0.2) is 0 Å². The molecule has 1 amide bonds. The molecular formula is C19H36NNaO3. The van der Waals surface area contributed by atoms with E-state index in [1.807, 2.05) is 0 Å². The maximum Gasteiger partial charge on any atom is 1.00 e. The molecule has 5 heteroatoms. The van der Waals surface area contributed by atoms with Gasteiger partial charge in [0.1, 0.15) is 6.04 Å². The van der Waals surface area contributed by atoms with E-state index >= 15 is 0 Å². The Morgan fingerprint density at radius 2 is 1.46 bits per heavy atom. The number of carboxylic acid groups (broad SMARTS) is 1. The summed E-state index contributed by atoms with van der Waals surface area (Å²) in [5.74, 6) is -0.819. The van der Waals surface area contributed by atoms with Crippen molar-refractivity contribution in [1.82, 2.24) is 4.90 Å². The fourth-order valence-electron chi connectivity index (χ4n) is 3.41. The summed E-state index contributed by atoms with van der Waals surface area (Å²) in [5.41, 5.74) is 0. The summed E-state index contributed by atoms with van der Waals surface area (Å²) in [6.07, 6.45) is 15.9. The number of nitrogens with zero attached hydrogens (tertiary/aromatic N) is 1. The van der Waals surface area contributed by atoms with Crippen molar-refractivity contribution < 1.29 is 45.7 Å². The first-order chi connectivity index (χ1) is 11.2. The van der Waals surface area contributed by atoms with Gasteiger partial charge >= 0.3 is 35.5 Å². The largest absolute Gasteiger partial charge is 1.00 e. The van der Waals surface area contributed by atoms with E-state index < -0.39 is 12.0 Å². The third kappa shape index (κ3) is 10.0. The fraction of sp³-hybridized carbons (Fsp3) is 0.895. The van der Waals surface area contributed by atoms with E-state index in [-0.39, 0.29) is 36.9 Å². The zero-order valence-corrected chi connectivity index (χ0v) is 17.9. The van der Waals surface area contributed by atoms with Gasteiger partial charge in [-0.3, -0.25) is 4.79 Å². The third-order valence-electron chi connectivity index (χ3n) is 4.85. The van der Waals surface area contributed by atoms with Crippen LogP contribution in [0.1, 0.15) is 98.2 Å². The number of hydrogen-bond donors (Lipinski definition) is 1. The van der Waals surface area contributed by atoms with Crippen LogP contribution in [-0.2, 0) is 9.59 Å². The molecule has 0 aliphatic carbocycles. The molecule has 1 fully saturated rings. The second kappa shape index (κ2) is 15.2. The molecule has 1 unspecified atom stereocenters. The molecule has 1 heterocycles. The molecule has 0 saturated carbocycles. The van der Waals surface area contributed by atoms with Crippen LogP contribution in [0.4, 0.5) is 0 Å². The molecule has 1 aliphatic rings. The van der Waals surface area contributed by atoms with Crippen molar-refractivity contribution in [3.8, 4) is 0 Å². The van der Waals surface area contributed by atoms with Crippen LogP contribution >= 0.6 is 0 Å². The molecule has 1 saturated heterocycles. The van der Waals surface area contributed by atoms with E-state index in [0.29, 0.717) is 19.4 Å². The molecule has 4 nitrogen and oxygen atoms in total. The molecule has 1 N–H and O–H groups in total. The van der Waals surface area contributed by atoms with Crippen molar-refractivity contribution >= 4 is 11.9 Å². The van der Waals surface area contributed by atoms with Crippen molar-refractivity contribution in [3.63, 3.8) is 0 Å². The van der Waals surface area contributed by atoms with Crippen LogP contribution in [-0.4, -0.2) is 34.5 Å². The number of rotatable bonds is 13. The number of aliphatic carboxylic acids is 1. The molecule has 24 heavy (non-hydrogen) atoms. The van der Waals surface area contributed by atoms with Crippen LogP contribution in [0.25, 0.3) is 0 Å². The van der Waals surface area contributed by atoms with Crippen LogP contribution in [0.3, 0.4) is 0 Å². The minimum absolute atomic E-state index is 0. The van der Waals surface area contributed by atoms with Crippen LogP contribution in [0.2, 0.25) is 0 Å². The molecule has 136 valence electrons. The predicted octanol–water partition coefficient (Wildman–Crippen LogP) is 1.88. The van der Waals surface area contributed by atoms with Gasteiger partial charge in [0.2, 0.25) is 5.91 Å². The van der Waals surface area contributed by atoms with E-state index in [0.717, 1.165) is 19.3 Å². The second-order valence-corrected chi connectivity index (χ2v) is 6.87. The van der Waals surface area contributed by atoms with E-state index in [2.05, 4.69) is 6.92 Å². The molecule has 0 aromatic heterocycles. The Hall–Kier alpha value is -0.0600. The van der Waals surface area contributed by atoms with E-state index in [1.165, 1.54) is 57.8 Å². The molecule has 1 rings (SSSR count). The van der Waals surface area contributed by atoms with Crippen molar-refractivity contribution in [2.45, 2.75) is 103 Å². The van der Waals surface area contributed by atoms with Gasteiger partial charge in [0.25, 0.3) is 0 Å². The first-order valence-corrected chi connectivity index (χ1v) is 9.69. The average molecular weight is 349 g/mol. The van der Waals surface area contributed by atoms with E-state index in [4.69, 9.17) is 5.11 Å². The summed E-state index contributed by atoms with van der Waals surface area (Å²) in [7, 11) is 0. The molecule has 0 spiro atoms. The number of hydrogen-bond acceptors (Lipinski definition) is 2. The number of unbranched alkanes of at least 4 members (excludes halogenated alkanes) is 10. The first-order valence-electron chi connectivity index (χ1n) is 9.69. The Morgan fingerprint density at radius 3 is 1.96 bits per heavy atom. The molecule has 0 radical (unpaired) electrons. The fourth-order valence-corrected chi connectivity index (χ4v) is 3.41. The van der Waals surface area contributed by atoms with Crippen LogP contribution in [0, 0.1) is 0 Å². The summed E-state index contributed by atoms with van der Waals surface area (Å²) >= 11 is 0. The smallest absolute Gasteiger partial charge is 1.00 e. The Labute approximate surface area is 171 Å². The normalized spacial score (nSPS) is 16.9. The zero-order chi connectivity index (χ0) is 16.9. The van der Waals surface area contributed by atoms with E-state index in [9.17, 15) is 9.59 Å². The summed E-state index contributed by atoms with van der Waals surface area (Å²) in [6.45, 7) is 2.87. The van der Waals surface area contributed by atoms with Gasteiger partial charge in [0, 0.05) is 13.0 Å². The summed E-state index contributed by atoms with van der Waals surface area (Å²) < 4.78 is 0. The molecule has 0 aromatic carbocycles. The van der Waals surface area contributed by atoms with Gasteiger partial charge in [0.05, 0.1) is 0 Å². The van der Waals surface area contributed by atoms with Crippen molar-refractivity contribution in [1.29, 1.82) is 0 Å². The summed E-state index contributed by atoms with van der Waals surface area (Å²) in [4.78, 5) is 24.7. The van der Waals surface area contributed by atoms with Crippen LogP contribution in [0.15, 0.2) is 0 Å². The molecular weight excluding hydrogens is 313 g/mol. The Morgan fingerprint density at radius 1 is 0.958 bits per heavy atom. The molecule has 1 atom stereocenters. The zero-order valence-electron chi connectivity index (χ0n) is 16.9. The second-order valence-electron chi connectivity index (χ2n) is 6.87. The maximum atomic E-state index is 12.1. The predicted molar refractivity (Wildman–Crippen MR) is 94.6 cm³/mol. The first kappa shape index (κ1) is 23.9. The SMILES string of the molecule is CCCCCCCCCCCCCC(=O)N1CCCC1C(=O)O.[H-].[Na+]. The molecule has 0 aromatic rings. The van der Waals surface area contributed by atoms with Crippen molar-refractivity contribution in [2.75, 3.05) is 6.54 Å². The molecule has 1 aliphatic heterocycles. The minimum atomic E-state index is -0.852. The van der Waals surface area contributed by atoms with Crippen molar-refractivity contribution in [2.24, 2.45) is 0 Å². The quantitative estimate of drug-likeness (QED) is 0.408. The van der Waals surface area contributed by atoms with E-state index in [1.54, 1.807) is 4.90 Å². The molecule has 0 bridgehead atoms. The summed E-state index contributed by atoms with van der Waals surface area (Å²) in [6, 6.07) is -0.574. The Balaban J connectivity index is 0. The Kier molecular flexibility index (Phi) is 15.2. The minimum Gasteiger partial charge on any atom is -1.00 e. The maximum absolute atomic E-state index is 12.1. The van der Waals surface area contributed by atoms with Gasteiger partial charge < -0.3 is 11.4 Å². The van der Waals surface area contributed by atoms with Crippen molar-refractivity contribution in [3.05, 3.63) is 0 Å². The number of carboxylic acids is 1. The van der Waals surface area contributed by atoms with Gasteiger partial charge in [-0.2, -0.15) is 0 Å². The van der Waals surface area contributed by atoms with Gasteiger partial charge in [-0.25, -0.2) is 4.79 Å².